The third kappa shape index (κ3) is 4.58. The molecule has 202 valence electrons. The molecule has 0 N–H and O–H groups in total. The minimum atomic E-state index is 0.933. The van der Waals surface area contributed by atoms with Gasteiger partial charge in [0, 0.05) is 22.2 Å². The molecule has 3 heteroatoms. The number of hydrogen-bond acceptors (Lipinski definition) is 2. The molecule has 6 aromatic carbocycles. The van der Waals surface area contributed by atoms with Crippen LogP contribution in [0.3, 0.4) is 0 Å². The van der Waals surface area contributed by atoms with Crippen LogP contribution < -0.4 is 0 Å². The fourth-order valence-electron chi connectivity index (χ4n) is 5.89. The molecule has 0 aliphatic rings. The number of hydrogen-bond donors (Lipinski definition) is 0. The smallest absolute Gasteiger partial charge is 0.145 e. The molecule has 0 amide bonds. The van der Waals surface area contributed by atoms with Crippen LogP contribution >= 0.6 is 0 Å². The van der Waals surface area contributed by atoms with Gasteiger partial charge in [-0.15, -0.1) is 0 Å². The highest BCUT2D eigenvalue weighted by atomic mass is 15.1. The molecule has 0 atom stereocenters. The zero-order valence-corrected chi connectivity index (χ0v) is 23.4. The Labute approximate surface area is 250 Å². The van der Waals surface area contributed by atoms with Crippen molar-refractivity contribution < 1.29 is 0 Å². The standard InChI is InChI=1S/C40H27N3/c1-4-12-28(13-5-1)32-22-25-36-35(26-32)34(27-38(41-36)30-14-6-2-7-15-30)29-20-23-33(24-21-29)43-39-19-11-10-18-37(39)42-40(43)31-16-8-3-9-17-31/h1-27H. The van der Waals surface area contributed by atoms with Crippen LogP contribution in [0, 0.1) is 0 Å². The quantitative estimate of drug-likeness (QED) is 0.214. The van der Waals surface area contributed by atoms with E-state index in [0.29, 0.717) is 0 Å². The lowest BCUT2D eigenvalue weighted by atomic mass is 9.95. The van der Waals surface area contributed by atoms with E-state index in [2.05, 4.69) is 150 Å². The van der Waals surface area contributed by atoms with Gasteiger partial charge < -0.3 is 0 Å². The maximum Gasteiger partial charge on any atom is 0.145 e. The van der Waals surface area contributed by atoms with E-state index in [9.17, 15) is 0 Å². The second kappa shape index (κ2) is 10.6. The number of imidazole rings is 1. The summed E-state index contributed by atoms with van der Waals surface area (Å²) in [5, 5.41) is 1.13. The minimum Gasteiger partial charge on any atom is -0.292 e. The molecule has 0 fully saturated rings. The van der Waals surface area contributed by atoms with Gasteiger partial charge in [0.05, 0.1) is 22.2 Å². The highest BCUT2D eigenvalue weighted by Crippen LogP contribution is 2.36. The molecule has 0 saturated carbocycles. The first-order valence-corrected chi connectivity index (χ1v) is 14.5. The topological polar surface area (TPSA) is 30.7 Å². The average molecular weight is 550 g/mol. The molecule has 2 heterocycles. The van der Waals surface area contributed by atoms with Gasteiger partial charge in [0.1, 0.15) is 5.82 Å². The van der Waals surface area contributed by atoms with Crippen molar-refractivity contribution in [1.82, 2.24) is 14.5 Å². The van der Waals surface area contributed by atoms with Gasteiger partial charge in [0.15, 0.2) is 0 Å². The first kappa shape index (κ1) is 25.0. The van der Waals surface area contributed by atoms with Crippen molar-refractivity contribution in [1.29, 1.82) is 0 Å². The molecule has 8 aromatic rings. The molecule has 0 spiro atoms. The number of rotatable bonds is 5. The Bertz CT molecular complexity index is 2200. The van der Waals surface area contributed by atoms with E-state index in [1.54, 1.807) is 0 Å². The summed E-state index contributed by atoms with van der Waals surface area (Å²) in [7, 11) is 0. The summed E-state index contributed by atoms with van der Waals surface area (Å²) in [6, 6.07) is 57.3. The lowest BCUT2D eigenvalue weighted by Gasteiger charge is -2.14. The summed E-state index contributed by atoms with van der Waals surface area (Å²) in [6.45, 7) is 0. The average Bonchev–Trinajstić information content (AvgIpc) is 3.49. The van der Waals surface area contributed by atoms with E-state index in [0.717, 1.165) is 61.4 Å². The first-order valence-electron chi connectivity index (χ1n) is 14.5. The van der Waals surface area contributed by atoms with Crippen molar-refractivity contribution in [3.8, 4) is 50.6 Å². The maximum atomic E-state index is 5.09. The molecule has 0 aliphatic heterocycles. The lowest BCUT2D eigenvalue weighted by Crippen LogP contribution is -1.97. The van der Waals surface area contributed by atoms with E-state index in [1.165, 1.54) is 11.1 Å². The molecule has 43 heavy (non-hydrogen) atoms. The van der Waals surface area contributed by atoms with Gasteiger partial charge in [0.2, 0.25) is 0 Å². The summed E-state index contributed by atoms with van der Waals surface area (Å²) in [5.74, 6) is 0.933. The Kier molecular flexibility index (Phi) is 6.12. The number of pyridine rings is 1. The number of fused-ring (bicyclic) bond motifs is 2. The Morgan fingerprint density at radius 1 is 0.395 bits per heavy atom. The summed E-state index contributed by atoms with van der Waals surface area (Å²) in [4.78, 5) is 10.1. The van der Waals surface area contributed by atoms with E-state index in [-0.39, 0.29) is 0 Å². The molecule has 0 bridgehead atoms. The van der Waals surface area contributed by atoms with Gasteiger partial charge in [-0.2, -0.15) is 0 Å². The Morgan fingerprint density at radius 2 is 1.00 bits per heavy atom. The predicted octanol–water partition coefficient (Wildman–Crippen LogP) is 10.2. The van der Waals surface area contributed by atoms with E-state index in [1.807, 2.05) is 18.2 Å². The van der Waals surface area contributed by atoms with Crippen LogP contribution in [0.15, 0.2) is 164 Å². The summed E-state index contributed by atoms with van der Waals surface area (Å²) in [6.07, 6.45) is 0. The summed E-state index contributed by atoms with van der Waals surface area (Å²) in [5.41, 5.74) is 11.9. The Morgan fingerprint density at radius 3 is 1.72 bits per heavy atom. The molecule has 3 nitrogen and oxygen atoms in total. The molecular formula is C40H27N3. The summed E-state index contributed by atoms with van der Waals surface area (Å²) >= 11 is 0. The largest absolute Gasteiger partial charge is 0.292 e. The number of para-hydroxylation sites is 2. The molecule has 8 rings (SSSR count). The van der Waals surface area contributed by atoms with Crippen LogP contribution in [0.1, 0.15) is 0 Å². The van der Waals surface area contributed by atoms with Gasteiger partial charge in [-0.3, -0.25) is 4.57 Å². The van der Waals surface area contributed by atoms with Gasteiger partial charge in [-0.25, -0.2) is 9.97 Å². The molecule has 0 radical (unpaired) electrons. The number of benzene rings is 6. The van der Waals surface area contributed by atoms with Crippen molar-refractivity contribution >= 4 is 21.9 Å². The van der Waals surface area contributed by atoms with Gasteiger partial charge in [-0.1, -0.05) is 121 Å². The van der Waals surface area contributed by atoms with Crippen LogP contribution in [-0.2, 0) is 0 Å². The summed E-state index contributed by atoms with van der Waals surface area (Å²) < 4.78 is 2.25. The second-order valence-electron chi connectivity index (χ2n) is 10.7. The molecule has 0 saturated heterocycles. The van der Waals surface area contributed by atoms with Crippen LogP contribution in [-0.4, -0.2) is 14.5 Å². The van der Waals surface area contributed by atoms with E-state index in [4.69, 9.17) is 9.97 Å². The van der Waals surface area contributed by atoms with E-state index < -0.39 is 0 Å². The maximum absolute atomic E-state index is 5.09. The van der Waals surface area contributed by atoms with Crippen LogP contribution in [0.2, 0.25) is 0 Å². The molecular weight excluding hydrogens is 522 g/mol. The fourth-order valence-corrected chi connectivity index (χ4v) is 5.89. The highest BCUT2D eigenvalue weighted by Gasteiger charge is 2.15. The third-order valence-electron chi connectivity index (χ3n) is 8.01. The lowest BCUT2D eigenvalue weighted by molar-refractivity contribution is 1.10. The first-order chi connectivity index (χ1) is 21.3. The van der Waals surface area contributed by atoms with E-state index >= 15 is 0 Å². The number of nitrogens with zero attached hydrogens (tertiary/aromatic N) is 3. The predicted molar refractivity (Wildman–Crippen MR) is 178 cm³/mol. The van der Waals surface area contributed by atoms with Crippen molar-refractivity contribution in [2.45, 2.75) is 0 Å². The SMILES string of the molecule is c1ccc(-c2ccc3nc(-c4ccccc4)cc(-c4ccc(-n5c(-c6ccccc6)nc6ccccc65)cc4)c3c2)cc1. The Hall–Kier alpha value is -5.80. The van der Waals surface area contributed by atoms with Crippen molar-refractivity contribution in [3.05, 3.63) is 164 Å². The van der Waals surface area contributed by atoms with Crippen LogP contribution in [0.4, 0.5) is 0 Å². The zero-order chi connectivity index (χ0) is 28.6. The van der Waals surface area contributed by atoms with Crippen LogP contribution in [0.25, 0.3) is 72.5 Å². The second-order valence-corrected chi connectivity index (χ2v) is 10.7. The van der Waals surface area contributed by atoms with Gasteiger partial charge in [0.25, 0.3) is 0 Å². The van der Waals surface area contributed by atoms with Crippen molar-refractivity contribution in [3.63, 3.8) is 0 Å². The van der Waals surface area contributed by atoms with Gasteiger partial charge >= 0.3 is 0 Å². The third-order valence-corrected chi connectivity index (χ3v) is 8.01. The highest BCUT2D eigenvalue weighted by molar-refractivity contribution is 5.99. The fraction of sp³-hybridized carbons (Fsp3) is 0. The van der Waals surface area contributed by atoms with Crippen molar-refractivity contribution in [2.24, 2.45) is 0 Å². The molecule has 0 aliphatic carbocycles. The number of aromatic nitrogens is 3. The molecule has 2 aromatic heterocycles. The molecule has 0 unspecified atom stereocenters. The zero-order valence-electron chi connectivity index (χ0n) is 23.4. The monoisotopic (exact) mass is 549 g/mol. The minimum absolute atomic E-state index is 0.933. The van der Waals surface area contributed by atoms with Crippen LogP contribution in [0.5, 0.6) is 0 Å². The Balaban J connectivity index is 1.30. The van der Waals surface area contributed by atoms with Gasteiger partial charge in [-0.05, 0) is 64.7 Å². The van der Waals surface area contributed by atoms with Crippen molar-refractivity contribution in [2.75, 3.05) is 0 Å². The normalized spacial score (nSPS) is 11.3.